The zero-order valence-corrected chi connectivity index (χ0v) is 10.2. The highest BCUT2D eigenvalue weighted by atomic mass is 14.6. The monoisotopic (exact) mass is 204 g/mol. The second-order valence-corrected chi connectivity index (χ2v) is 6.59. The van der Waals surface area contributed by atoms with Gasteiger partial charge < -0.3 is 0 Å². The van der Waals surface area contributed by atoms with Crippen LogP contribution >= 0.6 is 0 Å². The van der Waals surface area contributed by atoms with Crippen molar-refractivity contribution in [2.75, 3.05) is 0 Å². The van der Waals surface area contributed by atoms with E-state index >= 15 is 0 Å². The summed E-state index contributed by atoms with van der Waals surface area (Å²) in [6.45, 7) is 4.64. The average molecular weight is 204 g/mol. The van der Waals surface area contributed by atoms with Crippen LogP contribution in [0.15, 0.2) is 12.2 Å². The van der Waals surface area contributed by atoms with Gasteiger partial charge >= 0.3 is 0 Å². The van der Waals surface area contributed by atoms with Crippen LogP contribution in [0.25, 0.3) is 0 Å². The van der Waals surface area contributed by atoms with Crippen LogP contribution in [-0.2, 0) is 0 Å². The van der Waals surface area contributed by atoms with Gasteiger partial charge in [0.1, 0.15) is 0 Å². The smallest absolute Gasteiger partial charge is 0.0205 e. The molecule has 15 heavy (non-hydrogen) atoms. The van der Waals surface area contributed by atoms with Crippen molar-refractivity contribution < 1.29 is 0 Å². The Bertz CT molecular complexity index is 238. The van der Waals surface area contributed by atoms with Crippen LogP contribution in [0, 0.1) is 29.1 Å². The van der Waals surface area contributed by atoms with E-state index in [1.54, 1.807) is 38.5 Å². The number of allylic oxidation sites excluding steroid dienone is 2. The van der Waals surface area contributed by atoms with E-state index in [-0.39, 0.29) is 0 Å². The van der Waals surface area contributed by atoms with Crippen LogP contribution in [0.1, 0.15) is 52.4 Å². The molecule has 4 fully saturated rings. The lowest BCUT2D eigenvalue weighted by Crippen LogP contribution is -2.48. The molecule has 4 aliphatic carbocycles. The summed E-state index contributed by atoms with van der Waals surface area (Å²) in [5, 5.41) is 0. The first-order chi connectivity index (χ1) is 7.22. The SMILES string of the molecule is C/C=C\[C@H](C)C12CC3CC(CC(C3)C1)C2. The third-order valence-electron chi connectivity index (χ3n) is 5.53. The standard InChI is InChI=1S/C15H24/c1-3-4-11(2)15-8-12-5-13(9-15)7-14(6-12)10-15/h3-4,11-14H,5-10H2,1-2H3/b4-3-/t11-,12?,13?,14?,15?/m0/s1. The number of hydrogen-bond donors (Lipinski definition) is 0. The Labute approximate surface area is 94.1 Å². The third-order valence-corrected chi connectivity index (χ3v) is 5.53. The van der Waals surface area contributed by atoms with Crippen molar-refractivity contribution in [1.82, 2.24) is 0 Å². The minimum Gasteiger partial charge on any atom is -0.0914 e. The Morgan fingerprint density at radius 1 is 1.00 bits per heavy atom. The van der Waals surface area contributed by atoms with E-state index in [9.17, 15) is 0 Å². The molecular weight excluding hydrogens is 180 g/mol. The van der Waals surface area contributed by atoms with Crippen LogP contribution in [0.4, 0.5) is 0 Å². The minimum absolute atomic E-state index is 0.723. The second kappa shape index (κ2) is 3.37. The van der Waals surface area contributed by atoms with Crippen molar-refractivity contribution in [2.45, 2.75) is 52.4 Å². The topological polar surface area (TPSA) is 0 Å². The zero-order valence-electron chi connectivity index (χ0n) is 10.2. The van der Waals surface area contributed by atoms with E-state index in [1.165, 1.54) is 0 Å². The molecule has 0 aromatic heterocycles. The summed E-state index contributed by atoms with van der Waals surface area (Å²) in [6.07, 6.45) is 14.1. The maximum absolute atomic E-state index is 2.47. The van der Waals surface area contributed by atoms with Gasteiger partial charge in [0.05, 0.1) is 0 Å². The molecule has 0 unspecified atom stereocenters. The highest BCUT2D eigenvalue weighted by molar-refractivity contribution is 5.07. The summed E-state index contributed by atoms with van der Waals surface area (Å²) in [5.41, 5.74) is 0.723. The van der Waals surface area contributed by atoms with Gasteiger partial charge in [0, 0.05) is 0 Å². The molecule has 0 heteroatoms. The first-order valence-corrected chi connectivity index (χ1v) is 6.84. The molecular formula is C15H24. The molecule has 4 saturated carbocycles. The van der Waals surface area contributed by atoms with E-state index in [2.05, 4.69) is 26.0 Å². The van der Waals surface area contributed by atoms with Gasteiger partial charge in [-0.3, -0.25) is 0 Å². The molecule has 0 N–H and O–H groups in total. The quantitative estimate of drug-likeness (QED) is 0.584. The van der Waals surface area contributed by atoms with Crippen molar-refractivity contribution in [3.63, 3.8) is 0 Å². The molecule has 84 valence electrons. The van der Waals surface area contributed by atoms with Gasteiger partial charge in [0.25, 0.3) is 0 Å². The van der Waals surface area contributed by atoms with E-state index in [0.29, 0.717) is 0 Å². The van der Waals surface area contributed by atoms with Gasteiger partial charge in [-0.1, -0.05) is 19.1 Å². The third kappa shape index (κ3) is 1.48. The van der Waals surface area contributed by atoms with Crippen LogP contribution in [0.2, 0.25) is 0 Å². The predicted molar refractivity (Wildman–Crippen MR) is 64.6 cm³/mol. The maximum Gasteiger partial charge on any atom is -0.0205 e. The molecule has 0 spiro atoms. The number of rotatable bonds is 2. The Kier molecular flexibility index (Phi) is 2.23. The molecule has 1 atom stereocenters. The van der Waals surface area contributed by atoms with Gasteiger partial charge in [0.15, 0.2) is 0 Å². The fourth-order valence-corrected chi connectivity index (χ4v) is 5.23. The van der Waals surface area contributed by atoms with E-state index in [1.807, 2.05) is 0 Å². The van der Waals surface area contributed by atoms with Gasteiger partial charge in [0.2, 0.25) is 0 Å². The zero-order chi connectivity index (χ0) is 10.5. The molecule has 0 nitrogen and oxygen atoms in total. The summed E-state index contributed by atoms with van der Waals surface area (Å²) in [4.78, 5) is 0. The largest absolute Gasteiger partial charge is 0.0914 e. The lowest BCUT2D eigenvalue weighted by Gasteiger charge is -2.58. The van der Waals surface area contributed by atoms with E-state index in [0.717, 1.165) is 29.1 Å². The van der Waals surface area contributed by atoms with Crippen molar-refractivity contribution >= 4 is 0 Å². The second-order valence-electron chi connectivity index (χ2n) is 6.59. The summed E-state index contributed by atoms with van der Waals surface area (Å²) in [6, 6.07) is 0. The Hall–Kier alpha value is -0.260. The molecule has 0 radical (unpaired) electrons. The summed E-state index contributed by atoms with van der Waals surface area (Å²) in [7, 11) is 0. The maximum atomic E-state index is 2.47. The molecule has 4 rings (SSSR count). The van der Waals surface area contributed by atoms with Gasteiger partial charge in [-0.25, -0.2) is 0 Å². The number of hydrogen-bond acceptors (Lipinski definition) is 0. The fraction of sp³-hybridized carbons (Fsp3) is 0.867. The van der Waals surface area contributed by atoms with E-state index in [4.69, 9.17) is 0 Å². The van der Waals surface area contributed by atoms with Gasteiger partial charge in [-0.05, 0) is 74.5 Å². The lowest BCUT2D eigenvalue weighted by molar-refractivity contribution is -0.0726. The van der Waals surface area contributed by atoms with Crippen LogP contribution in [0.5, 0.6) is 0 Å². The molecule has 0 aromatic carbocycles. The fourth-order valence-electron chi connectivity index (χ4n) is 5.23. The molecule has 0 aromatic rings. The van der Waals surface area contributed by atoms with Crippen LogP contribution < -0.4 is 0 Å². The van der Waals surface area contributed by atoms with Crippen LogP contribution in [0.3, 0.4) is 0 Å². The van der Waals surface area contributed by atoms with Crippen LogP contribution in [-0.4, -0.2) is 0 Å². The summed E-state index contributed by atoms with van der Waals surface area (Å²) < 4.78 is 0. The summed E-state index contributed by atoms with van der Waals surface area (Å²) in [5.74, 6) is 4.13. The normalized spacial score (nSPS) is 50.1. The van der Waals surface area contributed by atoms with Crippen molar-refractivity contribution in [3.8, 4) is 0 Å². The average Bonchev–Trinajstić information content (AvgIpc) is 2.15. The molecule has 4 bridgehead atoms. The Balaban J connectivity index is 1.86. The molecule has 0 aliphatic heterocycles. The molecule has 0 saturated heterocycles. The molecule has 0 heterocycles. The van der Waals surface area contributed by atoms with Crippen molar-refractivity contribution in [3.05, 3.63) is 12.2 Å². The Morgan fingerprint density at radius 3 is 1.87 bits per heavy atom. The lowest BCUT2D eigenvalue weighted by atomic mass is 9.46. The minimum atomic E-state index is 0.723. The highest BCUT2D eigenvalue weighted by Crippen LogP contribution is 2.62. The highest BCUT2D eigenvalue weighted by Gasteiger charge is 2.52. The van der Waals surface area contributed by atoms with Crippen molar-refractivity contribution in [2.24, 2.45) is 29.1 Å². The Morgan fingerprint density at radius 2 is 1.47 bits per heavy atom. The predicted octanol–water partition coefficient (Wildman–Crippen LogP) is 4.42. The first-order valence-electron chi connectivity index (χ1n) is 6.84. The van der Waals surface area contributed by atoms with Crippen molar-refractivity contribution in [1.29, 1.82) is 0 Å². The molecule has 0 amide bonds. The molecule has 4 aliphatic rings. The van der Waals surface area contributed by atoms with E-state index < -0.39 is 0 Å². The van der Waals surface area contributed by atoms with Gasteiger partial charge in [-0.15, -0.1) is 0 Å². The summed E-state index contributed by atoms with van der Waals surface area (Å²) >= 11 is 0. The van der Waals surface area contributed by atoms with Gasteiger partial charge in [-0.2, -0.15) is 0 Å². The first kappa shape index (κ1) is 9.93.